The van der Waals surface area contributed by atoms with Gasteiger partial charge in [-0.25, -0.2) is 5.84 Å². The van der Waals surface area contributed by atoms with Gasteiger partial charge in [-0.3, -0.25) is 15.0 Å². The van der Waals surface area contributed by atoms with E-state index < -0.39 is 11.8 Å². The largest absolute Gasteiger partial charge is 0.317 e. The lowest BCUT2D eigenvalue weighted by Gasteiger charge is -2.18. The first-order chi connectivity index (χ1) is 12.2. The lowest BCUT2D eigenvalue weighted by atomic mass is 9.87. The van der Waals surface area contributed by atoms with Gasteiger partial charge in [-0.1, -0.05) is 56.6 Å². The number of benzene rings is 2. The van der Waals surface area contributed by atoms with Gasteiger partial charge < -0.3 is 5.32 Å². The fourth-order valence-corrected chi connectivity index (χ4v) is 2.40. The van der Waals surface area contributed by atoms with Gasteiger partial charge >= 0.3 is 0 Å². The molecule has 0 aliphatic rings. The summed E-state index contributed by atoms with van der Waals surface area (Å²) in [5, 5.41) is 3.11. The highest BCUT2D eigenvalue weighted by Crippen LogP contribution is 2.22. The molecule has 0 bridgehead atoms. The van der Waals surface area contributed by atoms with Crippen LogP contribution >= 0.6 is 11.6 Å². The Morgan fingerprint density at radius 1 is 1.00 bits per heavy atom. The highest BCUT2D eigenvalue weighted by atomic mass is 35.5. The molecular formula is C20H22ClN3O2. The molecular weight excluding hydrogens is 350 g/mol. The van der Waals surface area contributed by atoms with Crippen LogP contribution in [-0.2, 0) is 10.2 Å². The molecule has 0 fully saturated rings. The second-order valence-electron chi connectivity index (χ2n) is 6.86. The summed E-state index contributed by atoms with van der Waals surface area (Å²) in [6.07, 6.45) is 1.57. The van der Waals surface area contributed by atoms with Gasteiger partial charge in [0.05, 0.1) is 0 Å². The molecule has 0 aromatic heterocycles. The first kappa shape index (κ1) is 19.7. The summed E-state index contributed by atoms with van der Waals surface area (Å²) in [7, 11) is 0. The Balaban J connectivity index is 2.26. The third kappa shape index (κ3) is 5.18. The zero-order valence-electron chi connectivity index (χ0n) is 15.0. The van der Waals surface area contributed by atoms with E-state index in [1.54, 1.807) is 30.3 Å². The second-order valence-corrected chi connectivity index (χ2v) is 7.30. The van der Waals surface area contributed by atoms with Gasteiger partial charge in [0.2, 0.25) is 0 Å². The maximum absolute atomic E-state index is 12.3. The van der Waals surface area contributed by atoms with Crippen LogP contribution in [0.3, 0.4) is 0 Å². The third-order valence-electron chi connectivity index (χ3n) is 3.82. The molecule has 0 aliphatic heterocycles. The van der Waals surface area contributed by atoms with Gasteiger partial charge in [-0.2, -0.15) is 0 Å². The van der Waals surface area contributed by atoms with E-state index in [2.05, 4.69) is 26.1 Å². The molecule has 0 unspecified atom stereocenters. The number of halogens is 1. The molecule has 2 amide bonds. The predicted molar refractivity (Wildman–Crippen MR) is 104 cm³/mol. The Bertz CT molecular complexity index is 820. The van der Waals surface area contributed by atoms with Crippen LogP contribution in [0.4, 0.5) is 0 Å². The summed E-state index contributed by atoms with van der Waals surface area (Å²) in [4.78, 5) is 24.4. The summed E-state index contributed by atoms with van der Waals surface area (Å²) in [5.41, 5.74) is 4.45. The number of nitrogens with one attached hydrogen (secondary N) is 2. The van der Waals surface area contributed by atoms with Gasteiger partial charge in [0, 0.05) is 10.6 Å². The molecule has 0 radical (unpaired) electrons. The van der Waals surface area contributed by atoms with Crippen molar-refractivity contribution in [1.29, 1.82) is 0 Å². The molecule has 0 aliphatic carbocycles. The van der Waals surface area contributed by atoms with Gasteiger partial charge in [0.25, 0.3) is 11.8 Å². The maximum Gasteiger partial charge on any atom is 0.281 e. The van der Waals surface area contributed by atoms with Crippen LogP contribution in [-0.4, -0.2) is 11.8 Å². The number of hydrogen-bond donors (Lipinski definition) is 3. The molecule has 0 saturated carbocycles. The van der Waals surface area contributed by atoms with Crippen LogP contribution in [0.2, 0.25) is 5.02 Å². The molecule has 5 nitrogen and oxygen atoms in total. The van der Waals surface area contributed by atoms with Crippen LogP contribution in [0, 0.1) is 0 Å². The average Bonchev–Trinajstić information content (AvgIpc) is 2.60. The van der Waals surface area contributed by atoms with Gasteiger partial charge in [0.15, 0.2) is 0 Å². The van der Waals surface area contributed by atoms with E-state index >= 15 is 0 Å². The van der Waals surface area contributed by atoms with Gasteiger partial charge in [-0.05, 0) is 46.9 Å². The minimum Gasteiger partial charge on any atom is -0.317 e. The van der Waals surface area contributed by atoms with E-state index in [-0.39, 0.29) is 11.1 Å². The first-order valence-electron chi connectivity index (χ1n) is 8.11. The monoisotopic (exact) mass is 371 g/mol. The Morgan fingerprint density at radius 3 is 2.08 bits per heavy atom. The molecule has 2 aromatic rings. The van der Waals surface area contributed by atoms with Crippen molar-refractivity contribution in [3.63, 3.8) is 0 Å². The summed E-state index contributed by atoms with van der Waals surface area (Å²) < 4.78 is 0. The van der Waals surface area contributed by atoms with E-state index in [4.69, 9.17) is 17.4 Å². The Kier molecular flexibility index (Phi) is 6.18. The van der Waals surface area contributed by atoms with E-state index in [1.165, 1.54) is 5.56 Å². The van der Waals surface area contributed by atoms with Gasteiger partial charge in [-0.15, -0.1) is 0 Å². The Labute approximate surface area is 158 Å². The number of carbonyl (C=O) groups is 2. The molecule has 26 heavy (non-hydrogen) atoms. The van der Waals surface area contributed by atoms with Crippen LogP contribution < -0.4 is 16.6 Å². The topological polar surface area (TPSA) is 84.2 Å². The molecule has 0 saturated heterocycles. The number of amides is 2. The van der Waals surface area contributed by atoms with Crippen molar-refractivity contribution in [2.24, 2.45) is 5.84 Å². The summed E-state index contributed by atoms with van der Waals surface area (Å²) in [6.45, 7) is 6.37. The zero-order chi connectivity index (χ0) is 19.3. The third-order valence-corrected chi connectivity index (χ3v) is 4.07. The molecule has 2 aromatic carbocycles. The van der Waals surface area contributed by atoms with E-state index in [0.717, 1.165) is 5.56 Å². The fourth-order valence-electron chi connectivity index (χ4n) is 2.28. The highest BCUT2D eigenvalue weighted by Gasteiger charge is 2.15. The molecule has 4 N–H and O–H groups in total. The minimum atomic E-state index is -0.591. The SMILES string of the molecule is CC(C)(C)c1ccc(/C=C(/NC(=O)c2ccc(Cl)cc2)C(=O)NN)cc1. The molecule has 0 heterocycles. The lowest BCUT2D eigenvalue weighted by Crippen LogP contribution is -2.38. The molecule has 136 valence electrons. The highest BCUT2D eigenvalue weighted by molar-refractivity contribution is 6.30. The van der Waals surface area contributed by atoms with Crippen LogP contribution in [0.25, 0.3) is 6.08 Å². The van der Waals surface area contributed by atoms with Crippen molar-refractivity contribution in [1.82, 2.24) is 10.7 Å². The molecule has 6 heteroatoms. The standard InChI is InChI=1S/C20H22ClN3O2/c1-20(2,3)15-8-4-13(5-9-15)12-17(19(26)24-22)23-18(25)14-6-10-16(21)11-7-14/h4-12H,22H2,1-3H3,(H,23,25)(H,24,26)/b17-12+. The maximum atomic E-state index is 12.3. The van der Waals surface area contributed by atoms with Crippen molar-refractivity contribution >= 4 is 29.5 Å². The van der Waals surface area contributed by atoms with Crippen LogP contribution in [0.5, 0.6) is 0 Å². The zero-order valence-corrected chi connectivity index (χ0v) is 15.7. The molecule has 0 spiro atoms. The fraction of sp³-hybridized carbons (Fsp3) is 0.200. The number of hydrazine groups is 1. The van der Waals surface area contributed by atoms with Crippen molar-refractivity contribution in [2.45, 2.75) is 26.2 Å². The average molecular weight is 372 g/mol. The van der Waals surface area contributed by atoms with Crippen LogP contribution in [0.1, 0.15) is 42.3 Å². The summed E-state index contributed by atoms with van der Waals surface area (Å²) in [5.74, 6) is 4.21. The Hall–Kier alpha value is -2.63. The van der Waals surface area contributed by atoms with Crippen molar-refractivity contribution in [3.05, 3.63) is 75.9 Å². The predicted octanol–water partition coefficient (Wildman–Crippen LogP) is 3.40. The van der Waals surface area contributed by atoms with Crippen molar-refractivity contribution in [3.8, 4) is 0 Å². The smallest absolute Gasteiger partial charge is 0.281 e. The molecule has 2 rings (SSSR count). The van der Waals surface area contributed by atoms with Crippen molar-refractivity contribution < 1.29 is 9.59 Å². The van der Waals surface area contributed by atoms with E-state index in [0.29, 0.717) is 10.6 Å². The first-order valence-corrected chi connectivity index (χ1v) is 8.48. The van der Waals surface area contributed by atoms with Crippen molar-refractivity contribution in [2.75, 3.05) is 0 Å². The lowest BCUT2D eigenvalue weighted by molar-refractivity contribution is -0.117. The number of carbonyl (C=O) groups excluding carboxylic acids is 2. The number of nitrogens with two attached hydrogens (primary N) is 1. The summed E-state index contributed by atoms with van der Waals surface area (Å²) >= 11 is 5.82. The summed E-state index contributed by atoms with van der Waals surface area (Å²) in [6, 6.07) is 14.1. The second kappa shape index (κ2) is 8.17. The van der Waals surface area contributed by atoms with Crippen LogP contribution in [0.15, 0.2) is 54.2 Å². The minimum absolute atomic E-state index is 0.0303. The normalized spacial score (nSPS) is 11.8. The quantitative estimate of drug-likeness (QED) is 0.333. The van der Waals surface area contributed by atoms with E-state index in [9.17, 15) is 9.59 Å². The Morgan fingerprint density at radius 2 is 1.58 bits per heavy atom. The number of hydrogen-bond acceptors (Lipinski definition) is 3. The number of rotatable bonds is 4. The molecule has 0 atom stereocenters. The van der Waals surface area contributed by atoms with E-state index in [1.807, 2.05) is 29.7 Å². The van der Waals surface area contributed by atoms with Gasteiger partial charge in [0.1, 0.15) is 5.70 Å².